The van der Waals surface area contributed by atoms with E-state index in [0.717, 1.165) is 10.9 Å². The summed E-state index contributed by atoms with van der Waals surface area (Å²) in [5.41, 5.74) is 8.10. The van der Waals surface area contributed by atoms with Gasteiger partial charge in [-0.3, -0.25) is 4.79 Å². The van der Waals surface area contributed by atoms with Gasteiger partial charge in [-0.2, -0.15) is 0 Å². The average molecular weight is 339 g/mol. The number of carbonyl (C=O) groups is 2. The highest BCUT2D eigenvalue weighted by atomic mass is 16.5. The fourth-order valence-electron chi connectivity index (χ4n) is 2.59. The lowest BCUT2D eigenvalue weighted by Crippen LogP contribution is -2.25. The van der Waals surface area contributed by atoms with Crippen molar-refractivity contribution in [2.75, 3.05) is 17.7 Å². The highest BCUT2D eigenvalue weighted by Crippen LogP contribution is 2.29. The minimum Gasteiger partial charge on any atom is -0.482 e. The number of carboxylic acid groups (broad SMARTS) is 1. The summed E-state index contributed by atoms with van der Waals surface area (Å²) in [5, 5.41) is 12.5. The van der Waals surface area contributed by atoms with Gasteiger partial charge in [0.1, 0.15) is 11.4 Å². The summed E-state index contributed by atoms with van der Waals surface area (Å²) < 4.78 is 6.80. The van der Waals surface area contributed by atoms with Gasteiger partial charge in [0.25, 0.3) is 5.91 Å². The maximum absolute atomic E-state index is 10.8. The van der Waals surface area contributed by atoms with Gasteiger partial charge in [0.15, 0.2) is 6.61 Å². The summed E-state index contributed by atoms with van der Waals surface area (Å²) in [6.45, 7) is 0.0659. The summed E-state index contributed by atoms with van der Waals surface area (Å²) in [4.78, 5) is 21.6. The van der Waals surface area contributed by atoms with Crippen LogP contribution in [0.3, 0.4) is 0 Å². The first-order valence-corrected chi connectivity index (χ1v) is 7.55. The van der Waals surface area contributed by atoms with E-state index >= 15 is 0 Å². The molecule has 25 heavy (non-hydrogen) atoms. The quantitative estimate of drug-likeness (QED) is 0.591. The number of aryl methyl sites for hydroxylation is 1. The number of aromatic nitrogens is 1. The molecule has 7 nitrogen and oxygen atoms in total. The van der Waals surface area contributed by atoms with E-state index in [4.69, 9.17) is 15.6 Å². The van der Waals surface area contributed by atoms with Crippen molar-refractivity contribution < 1.29 is 19.4 Å². The lowest BCUT2D eigenvalue weighted by atomic mass is 10.2. The number of aromatic carboxylic acids is 1. The number of rotatable bonds is 1. The van der Waals surface area contributed by atoms with E-state index < -0.39 is 5.97 Å². The zero-order valence-electron chi connectivity index (χ0n) is 13.5. The molecule has 0 saturated carbocycles. The number of ether oxygens (including phenoxy) is 1. The first-order valence-electron chi connectivity index (χ1n) is 7.55. The van der Waals surface area contributed by atoms with Crippen LogP contribution in [0.25, 0.3) is 10.9 Å². The molecule has 0 atom stereocenters. The van der Waals surface area contributed by atoms with Crippen LogP contribution < -0.4 is 15.8 Å². The molecular weight excluding hydrogens is 322 g/mol. The molecule has 1 aliphatic heterocycles. The minimum absolute atomic E-state index is 0.0659. The zero-order valence-corrected chi connectivity index (χ0v) is 13.5. The van der Waals surface area contributed by atoms with E-state index in [2.05, 4.69) is 5.32 Å². The fraction of sp³-hybridized carbons (Fsp3) is 0.111. The first-order chi connectivity index (χ1) is 12.0. The van der Waals surface area contributed by atoms with Crippen LogP contribution in [0.1, 0.15) is 10.5 Å². The van der Waals surface area contributed by atoms with Crippen molar-refractivity contribution in [1.82, 2.24) is 4.57 Å². The van der Waals surface area contributed by atoms with Crippen LogP contribution in [-0.2, 0) is 11.8 Å². The minimum atomic E-state index is -0.890. The van der Waals surface area contributed by atoms with Gasteiger partial charge in [-0.1, -0.05) is 18.2 Å². The van der Waals surface area contributed by atoms with E-state index in [-0.39, 0.29) is 12.5 Å². The van der Waals surface area contributed by atoms with Crippen molar-refractivity contribution in [2.24, 2.45) is 7.05 Å². The van der Waals surface area contributed by atoms with Gasteiger partial charge in [0, 0.05) is 29.7 Å². The topological polar surface area (TPSA) is 107 Å². The molecule has 128 valence electrons. The Kier molecular flexibility index (Phi) is 4.30. The van der Waals surface area contributed by atoms with Gasteiger partial charge < -0.3 is 25.5 Å². The normalized spacial score (nSPS) is 12.4. The highest BCUT2D eigenvalue weighted by molar-refractivity contribution is 5.96. The van der Waals surface area contributed by atoms with Crippen molar-refractivity contribution in [3.8, 4) is 5.75 Å². The molecule has 2 heterocycles. The number of carboxylic acids is 1. The molecule has 7 heteroatoms. The summed E-state index contributed by atoms with van der Waals surface area (Å²) in [7, 11) is 1.76. The summed E-state index contributed by atoms with van der Waals surface area (Å²) in [5.74, 6) is -0.388. The van der Waals surface area contributed by atoms with E-state index in [9.17, 15) is 9.59 Å². The van der Waals surface area contributed by atoms with E-state index in [1.165, 1.54) is 0 Å². The molecule has 0 spiro atoms. The molecular formula is C18H17N3O4. The molecule has 4 rings (SSSR count). The van der Waals surface area contributed by atoms with Gasteiger partial charge in [-0.25, -0.2) is 4.79 Å². The number of nitrogens with two attached hydrogens (primary N) is 1. The second-order valence-electron chi connectivity index (χ2n) is 5.55. The average Bonchev–Trinajstić information content (AvgIpc) is 2.93. The standard InChI is InChI=1S/C10H9NO2.C8H8N2O2/c1-11-8-5-3-2-4-7(8)6-9(11)10(12)13;9-5-1-2-6-7(3-5)12-4-8(11)10-6/h2-6H,1H3,(H,12,13);1-3H,4,9H2,(H,10,11). The van der Waals surface area contributed by atoms with E-state index in [1.807, 2.05) is 24.3 Å². The second kappa shape index (κ2) is 6.56. The Bertz CT molecular complexity index is 962. The fourth-order valence-corrected chi connectivity index (χ4v) is 2.59. The third-order valence-corrected chi connectivity index (χ3v) is 3.81. The number of anilines is 2. The predicted molar refractivity (Wildman–Crippen MR) is 94.9 cm³/mol. The largest absolute Gasteiger partial charge is 0.482 e. The number of fused-ring (bicyclic) bond motifs is 2. The molecule has 3 aromatic rings. The molecule has 0 radical (unpaired) electrons. The predicted octanol–water partition coefficient (Wildman–Crippen LogP) is 2.48. The number of hydrogen-bond acceptors (Lipinski definition) is 4. The molecule has 0 bridgehead atoms. The number of para-hydroxylation sites is 1. The Hall–Kier alpha value is -3.48. The van der Waals surface area contributed by atoms with Gasteiger partial charge >= 0.3 is 5.97 Å². The molecule has 0 saturated heterocycles. The number of amides is 1. The van der Waals surface area contributed by atoms with Crippen LogP contribution in [-0.4, -0.2) is 28.2 Å². The molecule has 4 N–H and O–H groups in total. The van der Waals surface area contributed by atoms with Gasteiger partial charge in [-0.15, -0.1) is 0 Å². The number of benzene rings is 2. The van der Waals surface area contributed by atoms with Gasteiger partial charge in [0.2, 0.25) is 0 Å². The number of nitrogen functional groups attached to an aromatic ring is 1. The van der Waals surface area contributed by atoms with Crippen LogP contribution in [0.5, 0.6) is 5.75 Å². The maximum Gasteiger partial charge on any atom is 0.352 e. The zero-order chi connectivity index (χ0) is 18.0. The third kappa shape index (κ3) is 3.40. The SMILES string of the molecule is Cn1c(C(=O)O)cc2ccccc21.Nc1ccc2c(c1)OCC(=O)N2. The van der Waals surface area contributed by atoms with Crippen LogP contribution in [0.2, 0.25) is 0 Å². The van der Waals surface area contributed by atoms with Crippen LogP contribution in [0, 0.1) is 0 Å². The highest BCUT2D eigenvalue weighted by Gasteiger charge is 2.15. The molecule has 1 amide bonds. The molecule has 2 aromatic carbocycles. The van der Waals surface area contributed by atoms with E-state index in [0.29, 0.717) is 22.8 Å². The number of hydrogen-bond donors (Lipinski definition) is 3. The Labute approximate surface area is 143 Å². The molecule has 0 fully saturated rings. The lowest BCUT2D eigenvalue weighted by molar-refractivity contribution is -0.118. The smallest absolute Gasteiger partial charge is 0.352 e. The number of carbonyl (C=O) groups excluding carboxylic acids is 1. The Morgan fingerprint density at radius 3 is 2.72 bits per heavy atom. The van der Waals surface area contributed by atoms with E-state index in [1.54, 1.807) is 35.9 Å². The molecule has 0 aliphatic carbocycles. The Balaban J connectivity index is 0.000000146. The van der Waals surface area contributed by atoms with Crippen LogP contribution >= 0.6 is 0 Å². The van der Waals surface area contributed by atoms with Crippen LogP contribution in [0.4, 0.5) is 11.4 Å². The van der Waals surface area contributed by atoms with Gasteiger partial charge in [-0.05, 0) is 24.3 Å². The Morgan fingerprint density at radius 2 is 2.00 bits per heavy atom. The first kappa shape index (κ1) is 16.4. The Morgan fingerprint density at radius 1 is 1.24 bits per heavy atom. The lowest BCUT2D eigenvalue weighted by Gasteiger charge is -2.17. The third-order valence-electron chi connectivity index (χ3n) is 3.81. The summed E-state index contributed by atoms with van der Waals surface area (Å²) in [6, 6.07) is 14.4. The molecule has 1 aromatic heterocycles. The van der Waals surface area contributed by atoms with Crippen molar-refractivity contribution >= 4 is 34.2 Å². The van der Waals surface area contributed by atoms with Crippen molar-refractivity contribution in [3.05, 3.63) is 54.2 Å². The van der Waals surface area contributed by atoms with Crippen molar-refractivity contribution in [2.45, 2.75) is 0 Å². The molecule has 1 aliphatic rings. The van der Waals surface area contributed by atoms with Crippen molar-refractivity contribution in [3.63, 3.8) is 0 Å². The van der Waals surface area contributed by atoms with Crippen LogP contribution in [0.15, 0.2) is 48.5 Å². The van der Waals surface area contributed by atoms with Crippen molar-refractivity contribution in [1.29, 1.82) is 0 Å². The van der Waals surface area contributed by atoms with Gasteiger partial charge in [0.05, 0.1) is 5.69 Å². The molecule has 0 unspecified atom stereocenters. The maximum atomic E-state index is 10.8. The monoisotopic (exact) mass is 339 g/mol. The number of nitrogens with one attached hydrogen (secondary N) is 1. The second-order valence-corrected chi connectivity index (χ2v) is 5.55. The summed E-state index contributed by atoms with van der Waals surface area (Å²) >= 11 is 0. The number of nitrogens with zero attached hydrogens (tertiary/aromatic N) is 1. The summed E-state index contributed by atoms with van der Waals surface area (Å²) in [6.07, 6.45) is 0.